The summed E-state index contributed by atoms with van der Waals surface area (Å²) in [5.41, 5.74) is 0. The van der Waals surface area contributed by atoms with Gasteiger partial charge >= 0.3 is 0 Å². The highest BCUT2D eigenvalue weighted by Crippen LogP contribution is 2.36. The van der Waals surface area contributed by atoms with Gasteiger partial charge in [-0.3, -0.25) is 0 Å². The predicted octanol–water partition coefficient (Wildman–Crippen LogP) is 5.76. The minimum Gasteiger partial charge on any atom is -0.381 e. The quantitative estimate of drug-likeness (QED) is 0.368. The second-order valence-electron chi connectivity index (χ2n) is 4.49. The molecule has 0 aromatic carbocycles. The summed E-state index contributed by atoms with van der Waals surface area (Å²) < 4.78 is 4.37. The Kier molecular flexibility index (Phi) is 11.2. The van der Waals surface area contributed by atoms with E-state index in [4.69, 9.17) is 39.5 Å². The molecule has 1 atom stereocenters. The van der Waals surface area contributed by atoms with Crippen LogP contribution in [0, 0.1) is 5.92 Å². The van der Waals surface area contributed by atoms with Gasteiger partial charge in [0, 0.05) is 12.5 Å². The molecule has 0 N–H and O–H groups in total. The maximum atomic E-state index is 5.85. The lowest BCUT2D eigenvalue weighted by molar-refractivity contribution is 0.0956. The van der Waals surface area contributed by atoms with Crippen LogP contribution in [0.1, 0.15) is 58.8 Å². The van der Waals surface area contributed by atoms with Gasteiger partial charge in [-0.15, -0.1) is 0 Å². The van der Waals surface area contributed by atoms with Gasteiger partial charge in [0.2, 0.25) is 0 Å². The number of unbranched alkanes of at least 4 members (excludes halogenated alkanes) is 5. The molecular weight excluding hydrogens is 279 g/mol. The van der Waals surface area contributed by atoms with E-state index in [9.17, 15) is 0 Å². The zero-order valence-electron chi connectivity index (χ0n) is 11.0. The van der Waals surface area contributed by atoms with E-state index in [1.54, 1.807) is 0 Å². The Morgan fingerprint density at radius 2 is 1.53 bits per heavy atom. The third-order valence-corrected chi connectivity index (χ3v) is 3.84. The van der Waals surface area contributed by atoms with E-state index in [1.165, 1.54) is 32.1 Å². The normalized spacial score (nSPS) is 13.9. The fourth-order valence-electron chi connectivity index (χ4n) is 1.65. The van der Waals surface area contributed by atoms with Crippen LogP contribution in [0.5, 0.6) is 0 Å². The number of ether oxygens (including phenoxy) is 1. The molecule has 0 saturated heterocycles. The number of alkyl halides is 3. The van der Waals surface area contributed by atoms with E-state index in [0.717, 1.165) is 19.4 Å². The van der Waals surface area contributed by atoms with Gasteiger partial charge in [-0.1, -0.05) is 80.8 Å². The molecule has 0 spiro atoms. The first-order valence-corrected chi connectivity index (χ1v) is 7.80. The zero-order chi connectivity index (χ0) is 13.1. The summed E-state index contributed by atoms with van der Waals surface area (Å²) in [5.74, 6) is -0.00686. The van der Waals surface area contributed by atoms with Crippen molar-refractivity contribution >= 4 is 34.8 Å². The van der Waals surface area contributed by atoms with Crippen LogP contribution in [0.3, 0.4) is 0 Å². The first-order valence-electron chi connectivity index (χ1n) is 6.66. The molecule has 0 saturated carbocycles. The number of halogens is 3. The molecule has 1 unspecified atom stereocenters. The van der Waals surface area contributed by atoms with Gasteiger partial charge in [0.1, 0.15) is 0 Å². The van der Waals surface area contributed by atoms with E-state index < -0.39 is 3.79 Å². The molecule has 0 rings (SSSR count). The molecule has 104 valence electrons. The Morgan fingerprint density at radius 1 is 0.941 bits per heavy atom. The Morgan fingerprint density at radius 3 is 2.06 bits per heavy atom. The second-order valence-corrected chi connectivity index (χ2v) is 6.86. The molecule has 0 radical (unpaired) electrons. The minimum atomic E-state index is -1.20. The van der Waals surface area contributed by atoms with Gasteiger partial charge in [-0.25, -0.2) is 0 Å². The van der Waals surface area contributed by atoms with Crippen molar-refractivity contribution in [2.45, 2.75) is 62.6 Å². The Bertz CT molecular complexity index is 169. The largest absolute Gasteiger partial charge is 0.381 e. The first kappa shape index (κ1) is 17.8. The van der Waals surface area contributed by atoms with Gasteiger partial charge in [0.15, 0.2) is 3.79 Å². The van der Waals surface area contributed by atoms with Crippen LogP contribution in [0.15, 0.2) is 0 Å². The molecule has 17 heavy (non-hydrogen) atoms. The van der Waals surface area contributed by atoms with Crippen molar-refractivity contribution in [3.05, 3.63) is 0 Å². The van der Waals surface area contributed by atoms with E-state index in [0.29, 0.717) is 6.61 Å². The molecule has 0 aliphatic heterocycles. The Hall–Kier alpha value is 0.830. The van der Waals surface area contributed by atoms with Crippen molar-refractivity contribution in [3.63, 3.8) is 0 Å². The summed E-state index contributed by atoms with van der Waals surface area (Å²) in [6, 6.07) is 0. The standard InChI is InChI=1S/C13H25Cl3O/c1-3-5-6-7-8-9-10-17-11-12(4-2)13(14,15)16/h12H,3-11H2,1-2H3. The van der Waals surface area contributed by atoms with Crippen molar-refractivity contribution in [1.82, 2.24) is 0 Å². The van der Waals surface area contributed by atoms with Crippen LogP contribution >= 0.6 is 34.8 Å². The minimum absolute atomic E-state index is 0.00686. The average Bonchev–Trinajstić information content (AvgIpc) is 2.25. The third-order valence-electron chi connectivity index (χ3n) is 2.92. The topological polar surface area (TPSA) is 9.23 Å². The lowest BCUT2D eigenvalue weighted by Gasteiger charge is -2.22. The van der Waals surface area contributed by atoms with Crippen LogP contribution in [0.25, 0.3) is 0 Å². The first-order chi connectivity index (χ1) is 8.02. The van der Waals surface area contributed by atoms with Gasteiger partial charge in [0.25, 0.3) is 0 Å². The van der Waals surface area contributed by atoms with Crippen LogP contribution in [0.2, 0.25) is 0 Å². The molecular formula is C13H25Cl3O. The molecule has 0 aromatic rings. The van der Waals surface area contributed by atoms with Crippen LogP contribution in [0.4, 0.5) is 0 Å². The predicted molar refractivity (Wildman–Crippen MR) is 78.3 cm³/mol. The average molecular weight is 304 g/mol. The molecule has 0 heterocycles. The third kappa shape index (κ3) is 10.4. The van der Waals surface area contributed by atoms with Crippen molar-refractivity contribution in [2.75, 3.05) is 13.2 Å². The molecule has 1 nitrogen and oxygen atoms in total. The Balaban J connectivity index is 3.38. The summed E-state index contributed by atoms with van der Waals surface area (Å²) >= 11 is 17.5. The lowest BCUT2D eigenvalue weighted by Crippen LogP contribution is -2.24. The zero-order valence-corrected chi connectivity index (χ0v) is 13.3. The molecule has 0 bridgehead atoms. The smallest absolute Gasteiger partial charge is 0.195 e. The summed E-state index contributed by atoms with van der Waals surface area (Å²) in [7, 11) is 0. The number of hydrogen-bond donors (Lipinski definition) is 0. The highest BCUT2D eigenvalue weighted by molar-refractivity contribution is 6.67. The second kappa shape index (κ2) is 10.7. The lowest BCUT2D eigenvalue weighted by atomic mass is 10.1. The van der Waals surface area contributed by atoms with Gasteiger partial charge in [0.05, 0.1) is 6.61 Å². The fraction of sp³-hybridized carbons (Fsp3) is 1.00. The molecule has 0 aliphatic carbocycles. The molecule has 0 fully saturated rings. The number of rotatable bonds is 10. The van der Waals surface area contributed by atoms with Crippen molar-refractivity contribution in [3.8, 4) is 0 Å². The van der Waals surface area contributed by atoms with Crippen LogP contribution in [-0.4, -0.2) is 17.0 Å². The van der Waals surface area contributed by atoms with Gasteiger partial charge in [-0.2, -0.15) is 0 Å². The molecule has 0 aromatic heterocycles. The number of hydrogen-bond acceptors (Lipinski definition) is 1. The van der Waals surface area contributed by atoms with Gasteiger partial charge in [-0.05, 0) is 12.8 Å². The van der Waals surface area contributed by atoms with Crippen LogP contribution < -0.4 is 0 Å². The van der Waals surface area contributed by atoms with Gasteiger partial charge < -0.3 is 4.74 Å². The molecule has 0 amide bonds. The summed E-state index contributed by atoms with van der Waals surface area (Å²) in [5, 5.41) is 0. The Labute approximate surface area is 121 Å². The van der Waals surface area contributed by atoms with E-state index in [2.05, 4.69) is 6.92 Å². The summed E-state index contributed by atoms with van der Waals surface area (Å²) in [4.78, 5) is 0. The monoisotopic (exact) mass is 302 g/mol. The maximum Gasteiger partial charge on any atom is 0.195 e. The highest BCUT2D eigenvalue weighted by atomic mass is 35.6. The molecule has 4 heteroatoms. The maximum absolute atomic E-state index is 5.85. The SMILES string of the molecule is CCCCCCCCOCC(CC)C(Cl)(Cl)Cl. The van der Waals surface area contributed by atoms with Crippen LogP contribution in [-0.2, 0) is 4.74 Å². The summed E-state index contributed by atoms with van der Waals surface area (Å²) in [6.07, 6.45) is 8.45. The van der Waals surface area contributed by atoms with Crippen molar-refractivity contribution in [2.24, 2.45) is 5.92 Å². The van der Waals surface area contributed by atoms with Crippen molar-refractivity contribution in [1.29, 1.82) is 0 Å². The van der Waals surface area contributed by atoms with E-state index >= 15 is 0 Å². The highest BCUT2D eigenvalue weighted by Gasteiger charge is 2.30. The molecule has 0 aliphatic rings. The van der Waals surface area contributed by atoms with E-state index in [1.807, 2.05) is 6.92 Å². The fourth-order valence-corrected chi connectivity index (χ4v) is 2.31. The summed E-state index contributed by atoms with van der Waals surface area (Å²) in [6.45, 7) is 5.57. The van der Waals surface area contributed by atoms with Crippen molar-refractivity contribution < 1.29 is 4.74 Å². The van der Waals surface area contributed by atoms with E-state index in [-0.39, 0.29) is 5.92 Å².